The van der Waals surface area contributed by atoms with Crippen LogP contribution in [0.15, 0.2) is 42.5 Å². The third-order valence-electron chi connectivity index (χ3n) is 5.56. The Balaban J connectivity index is 1.19. The lowest BCUT2D eigenvalue weighted by Gasteiger charge is -2.35. The van der Waals surface area contributed by atoms with Gasteiger partial charge in [0.25, 0.3) is 5.69 Å². The summed E-state index contributed by atoms with van der Waals surface area (Å²) in [7, 11) is 0. The zero-order valence-corrected chi connectivity index (χ0v) is 16.9. The average Bonchev–Trinajstić information content (AvgIpc) is 3.22. The third-order valence-corrected chi connectivity index (χ3v) is 5.56. The van der Waals surface area contributed by atoms with E-state index in [0.717, 1.165) is 51.5 Å². The summed E-state index contributed by atoms with van der Waals surface area (Å²) in [6, 6.07) is 12.5. The Hall–Kier alpha value is -2.68. The van der Waals surface area contributed by atoms with Gasteiger partial charge < -0.3 is 14.6 Å². The summed E-state index contributed by atoms with van der Waals surface area (Å²) >= 11 is 0. The van der Waals surface area contributed by atoms with Crippen LogP contribution >= 0.6 is 0 Å². The first kappa shape index (κ1) is 20.6. The smallest absolute Gasteiger partial charge is 0.273 e. The second-order valence-electron chi connectivity index (χ2n) is 7.84. The number of hydrogen-bond donors (Lipinski definition) is 1. The lowest BCUT2D eigenvalue weighted by molar-refractivity contribution is -0.384. The normalized spacial score (nSPS) is 17.9. The summed E-state index contributed by atoms with van der Waals surface area (Å²) in [5.41, 5.74) is 2.60. The highest BCUT2D eigenvalue weighted by Gasteiger charge is 2.20. The second kappa shape index (κ2) is 9.42. The molecule has 0 spiro atoms. The fourth-order valence-electron chi connectivity index (χ4n) is 3.96. The van der Waals surface area contributed by atoms with Crippen LogP contribution in [0.4, 0.5) is 5.69 Å². The van der Waals surface area contributed by atoms with Crippen molar-refractivity contribution in [3.05, 3.63) is 63.7 Å². The van der Waals surface area contributed by atoms with Crippen LogP contribution in [0.1, 0.15) is 11.1 Å². The molecule has 0 aromatic heterocycles. The standard InChI is InChI=1S/C22H27N3O5/c26-20(16-30-21-3-1-2-19(13-21)25(27)28)15-24-9-7-23(8-10-24)14-17-4-5-22-18(12-17)6-11-29-22/h1-5,12-13,20,26H,6-11,14-16H2. The van der Waals surface area contributed by atoms with E-state index in [-0.39, 0.29) is 12.3 Å². The minimum absolute atomic E-state index is 0.0194. The Bertz CT molecular complexity index is 883. The highest BCUT2D eigenvalue weighted by Crippen LogP contribution is 2.26. The molecule has 1 atom stereocenters. The molecule has 8 nitrogen and oxygen atoms in total. The number of hydrogen-bond acceptors (Lipinski definition) is 7. The lowest BCUT2D eigenvalue weighted by Crippen LogP contribution is -2.48. The highest BCUT2D eigenvalue weighted by atomic mass is 16.6. The maximum absolute atomic E-state index is 10.8. The van der Waals surface area contributed by atoms with Crippen LogP contribution in [-0.2, 0) is 13.0 Å². The Morgan fingerprint density at radius 2 is 1.93 bits per heavy atom. The van der Waals surface area contributed by atoms with Gasteiger partial charge in [0.05, 0.1) is 17.6 Å². The molecule has 0 radical (unpaired) electrons. The summed E-state index contributed by atoms with van der Waals surface area (Å²) in [5, 5.41) is 21.1. The van der Waals surface area contributed by atoms with Crippen molar-refractivity contribution < 1.29 is 19.5 Å². The molecule has 2 heterocycles. The minimum Gasteiger partial charge on any atom is -0.493 e. The maximum atomic E-state index is 10.8. The van der Waals surface area contributed by atoms with E-state index < -0.39 is 11.0 Å². The SMILES string of the molecule is O=[N+]([O-])c1cccc(OCC(O)CN2CCN(Cc3ccc4c(c3)CCO4)CC2)c1. The van der Waals surface area contributed by atoms with Gasteiger partial charge in [-0.15, -0.1) is 0 Å². The van der Waals surface area contributed by atoms with Gasteiger partial charge in [-0.2, -0.15) is 0 Å². The predicted octanol–water partition coefficient (Wildman–Crippen LogP) is 2.09. The Labute approximate surface area is 175 Å². The van der Waals surface area contributed by atoms with Crippen molar-refractivity contribution in [3.63, 3.8) is 0 Å². The molecule has 0 saturated carbocycles. The van der Waals surface area contributed by atoms with E-state index in [1.807, 2.05) is 0 Å². The molecular weight excluding hydrogens is 386 g/mol. The summed E-state index contributed by atoms with van der Waals surface area (Å²) in [5.74, 6) is 1.41. The second-order valence-corrected chi connectivity index (χ2v) is 7.84. The number of nitro groups is 1. The fourth-order valence-corrected chi connectivity index (χ4v) is 3.96. The zero-order valence-electron chi connectivity index (χ0n) is 16.9. The first-order valence-electron chi connectivity index (χ1n) is 10.3. The van der Waals surface area contributed by atoms with E-state index in [0.29, 0.717) is 12.3 Å². The van der Waals surface area contributed by atoms with Crippen molar-refractivity contribution in [2.24, 2.45) is 0 Å². The van der Waals surface area contributed by atoms with Crippen molar-refractivity contribution >= 4 is 5.69 Å². The Morgan fingerprint density at radius 1 is 1.13 bits per heavy atom. The number of nitrogens with zero attached hydrogens (tertiary/aromatic N) is 3. The Morgan fingerprint density at radius 3 is 2.73 bits per heavy atom. The van der Waals surface area contributed by atoms with Crippen LogP contribution in [0, 0.1) is 10.1 Å². The first-order valence-corrected chi connectivity index (χ1v) is 10.3. The summed E-state index contributed by atoms with van der Waals surface area (Å²) in [6.07, 6.45) is 0.347. The molecule has 4 rings (SSSR count). The molecule has 2 aromatic rings. The molecule has 1 saturated heterocycles. The van der Waals surface area contributed by atoms with Crippen molar-refractivity contribution in [1.29, 1.82) is 0 Å². The quantitative estimate of drug-likeness (QED) is 0.524. The van der Waals surface area contributed by atoms with Gasteiger partial charge in [-0.3, -0.25) is 19.9 Å². The van der Waals surface area contributed by atoms with E-state index in [1.54, 1.807) is 12.1 Å². The topological polar surface area (TPSA) is 88.3 Å². The van der Waals surface area contributed by atoms with Gasteiger partial charge in [-0.25, -0.2) is 0 Å². The number of β-amino-alcohol motifs (C(OH)–C–C–N with tert-alkyl or cyclic N) is 1. The molecule has 0 bridgehead atoms. The molecule has 0 aliphatic carbocycles. The van der Waals surface area contributed by atoms with Crippen molar-refractivity contribution in [1.82, 2.24) is 9.80 Å². The van der Waals surface area contributed by atoms with Gasteiger partial charge in [-0.05, 0) is 23.3 Å². The number of ether oxygens (including phenoxy) is 2. The summed E-state index contributed by atoms with van der Waals surface area (Å²) in [6.45, 7) is 6.03. The van der Waals surface area contributed by atoms with E-state index in [1.165, 1.54) is 23.3 Å². The molecule has 2 aliphatic heterocycles. The van der Waals surface area contributed by atoms with Crippen molar-refractivity contribution in [2.75, 3.05) is 45.9 Å². The number of non-ortho nitro benzene ring substituents is 1. The largest absolute Gasteiger partial charge is 0.493 e. The van der Waals surface area contributed by atoms with Gasteiger partial charge in [0.1, 0.15) is 24.2 Å². The molecule has 1 unspecified atom stereocenters. The first-order chi connectivity index (χ1) is 14.6. The monoisotopic (exact) mass is 413 g/mol. The van der Waals surface area contributed by atoms with E-state index in [4.69, 9.17) is 9.47 Å². The van der Waals surface area contributed by atoms with E-state index in [2.05, 4.69) is 28.0 Å². The average molecular weight is 413 g/mol. The number of aliphatic hydroxyl groups excluding tert-OH is 1. The van der Waals surface area contributed by atoms with Crippen LogP contribution in [-0.4, -0.2) is 71.9 Å². The molecule has 8 heteroatoms. The molecule has 2 aromatic carbocycles. The molecule has 2 aliphatic rings. The minimum atomic E-state index is -0.646. The van der Waals surface area contributed by atoms with Crippen LogP contribution in [0.2, 0.25) is 0 Å². The number of rotatable bonds is 8. The molecule has 0 amide bonds. The molecule has 160 valence electrons. The number of nitro benzene ring substituents is 1. The van der Waals surface area contributed by atoms with Crippen molar-refractivity contribution in [2.45, 2.75) is 19.1 Å². The lowest BCUT2D eigenvalue weighted by atomic mass is 10.1. The van der Waals surface area contributed by atoms with Crippen LogP contribution in [0.25, 0.3) is 0 Å². The molecule has 30 heavy (non-hydrogen) atoms. The molecular formula is C22H27N3O5. The van der Waals surface area contributed by atoms with E-state index >= 15 is 0 Å². The number of fused-ring (bicyclic) bond motifs is 1. The molecule has 1 N–H and O–H groups in total. The highest BCUT2D eigenvalue weighted by molar-refractivity contribution is 5.40. The third kappa shape index (κ3) is 5.27. The van der Waals surface area contributed by atoms with Gasteiger partial charge in [-0.1, -0.05) is 18.2 Å². The van der Waals surface area contributed by atoms with Crippen LogP contribution < -0.4 is 9.47 Å². The molecule has 1 fully saturated rings. The van der Waals surface area contributed by atoms with Gasteiger partial charge in [0, 0.05) is 51.8 Å². The Kier molecular flexibility index (Phi) is 6.47. The number of benzene rings is 2. The predicted molar refractivity (Wildman–Crippen MR) is 112 cm³/mol. The summed E-state index contributed by atoms with van der Waals surface area (Å²) < 4.78 is 11.1. The van der Waals surface area contributed by atoms with Crippen LogP contribution in [0.5, 0.6) is 11.5 Å². The van der Waals surface area contributed by atoms with Crippen molar-refractivity contribution in [3.8, 4) is 11.5 Å². The zero-order chi connectivity index (χ0) is 20.9. The number of aliphatic hydroxyl groups is 1. The van der Waals surface area contributed by atoms with E-state index in [9.17, 15) is 15.2 Å². The summed E-state index contributed by atoms with van der Waals surface area (Å²) in [4.78, 5) is 15.0. The van der Waals surface area contributed by atoms with Gasteiger partial charge >= 0.3 is 0 Å². The fraction of sp³-hybridized carbons (Fsp3) is 0.455. The van der Waals surface area contributed by atoms with Crippen LogP contribution in [0.3, 0.4) is 0 Å². The maximum Gasteiger partial charge on any atom is 0.273 e. The van der Waals surface area contributed by atoms with Gasteiger partial charge in [0.2, 0.25) is 0 Å². The van der Waals surface area contributed by atoms with Gasteiger partial charge in [0.15, 0.2) is 0 Å². The number of piperazine rings is 1.